The first-order chi connectivity index (χ1) is 13.4. The molecule has 0 fully saturated rings. The smallest absolute Gasteiger partial charge is 0.337 e. The van der Waals surface area contributed by atoms with Crippen LogP contribution in [0.5, 0.6) is 0 Å². The van der Waals surface area contributed by atoms with Crippen LogP contribution in [0.1, 0.15) is 55.7 Å². The number of rotatable bonds is 4. The molecule has 1 aromatic heterocycles. The highest BCUT2D eigenvalue weighted by Gasteiger charge is 2.41. The van der Waals surface area contributed by atoms with Crippen LogP contribution in [0, 0.1) is 0 Å². The van der Waals surface area contributed by atoms with E-state index in [0.717, 1.165) is 12.0 Å². The van der Waals surface area contributed by atoms with Gasteiger partial charge in [-0.3, -0.25) is 14.3 Å². The minimum absolute atomic E-state index is 0.112. The maximum Gasteiger partial charge on any atom is 0.337 e. The zero-order valence-corrected chi connectivity index (χ0v) is 16.2. The molecule has 0 saturated carbocycles. The average Bonchev–Trinajstić information content (AvgIpc) is 3.04. The second-order valence-electron chi connectivity index (χ2n) is 7.52. The largest absolute Gasteiger partial charge is 0.456 e. The molecular formula is C21H23N3O4. The number of nitrogens with one attached hydrogen (secondary N) is 2. The van der Waals surface area contributed by atoms with Gasteiger partial charge < -0.3 is 10.1 Å². The molecule has 2 N–H and O–H groups in total. The van der Waals surface area contributed by atoms with E-state index < -0.39 is 23.1 Å². The van der Waals surface area contributed by atoms with Crippen molar-refractivity contribution in [2.45, 2.75) is 45.6 Å². The first kappa shape index (κ1) is 18.3. The summed E-state index contributed by atoms with van der Waals surface area (Å²) >= 11 is 0. The normalized spacial score (nSPS) is 18.0. The fourth-order valence-electron chi connectivity index (χ4n) is 3.93. The molecule has 2 aliphatic rings. The van der Waals surface area contributed by atoms with Crippen molar-refractivity contribution in [2.75, 3.05) is 11.9 Å². The lowest BCUT2D eigenvalue weighted by molar-refractivity contribution is -0.136. The Morgan fingerprint density at radius 1 is 1.18 bits per heavy atom. The number of nitrogens with zero attached hydrogens (tertiary/aromatic N) is 1. The Balaban J connectivity index is 1.97. The van der Waals surface area contributed by atoms with Gasteiger partial charge in [-0.1, -0.05) is 45.0 Å². The van der Waals surface area contributed by atoms with Crippen molar-refractivity contribution in [3.05, 3.63) is 73.1 Å². The van der Waals surface area contributed by atoms with Crippen molar-refractivity contribution >= 4 is 11.8 Å². The van der Waals surface area contributed by atoms with Gasteiger partial charge >= 0.3 is 11.7 Å². The summed E-state index contributed by atoms with van der Waals surface area (Å²) < 4.78 is 6.77. The predicted octanol–water partition coefficient (Wildman–Crippen LogP) is 2.44. The van der Waals surface area contributed by atoms with E-state index in [4.69, 9.17) is 4.74 Å². The Labute approximate surface area is 162 Å². The fraction of sp³-hybridized carbons (Fsp3) is 0.381. The van der Waals surface area contributed by atoms with Gasteiger partial charge in [0.05, 0.1) is 22.8 Å². The summed E-state index contributed by atoms with van der Waals surface area (Å²) in [6.07, 6.45) is 0.731. The molecule has 2 aliphatic heterocycles. The third-order valence-corrected chi connectivity index (χ3v) is 5.36. The van der Waals surface area contributed by atoms with Gasteiger partial charge in [0.1, 0.15) is 12.4 Å². The van der Waals surface area contributed by atoms with Crippen LogP contribution in [0.4, 0.5) is 5.82 Å². The molecule has 1 aromatic carbocycles. The van der Waals surface area contributed by atoms with E-state index in [1.54, 1.807) is 0 Å². The molecule has 0 spiro atoms. The Morgan fingerprint density at radius 3 is 2.54 bits per heavy atom. The monoisotopic (exact) mass is 381 g/mol. The van der Waals surface area contributed by atoms with Crippen molar-refractivity contribution in [3.8, 4) is 0 Å². The van der Waals surface area contributed by atoms with Crippen LogP contribution < -0.4 is 16.6 Å². The maximum absolute atomic E-state index is 12.8. The van der Waals surface area contributed by atoms with Crippen molar-refractivity contribution < 1.29 is 9.53 Å². The first-order valence-corrected chi connectivity index (χ1v) is 9.56. The number of benzene rings is 1. The lowest BCUT2D eigenvalue weighted by Crippen LogP contribution is -2.38. The Morgan fingerprint density at radius 2 is 1.89 bits per heavy atom. The van der Waals surface area contributed by atoms with Gasteiger partial charge in [-0.05, 0) is 23.5 Å². The number of anilines is 1. The molecule has 28 heavy (non-hydrogen) atoms. The van der Waals surface area contributed by atoms with Crippen LogP contribution in [0.2, 0.25) is 0 Å². The van der Waals surface area contributed by atoms with Crippen LogP contribution in [-0.4, -0.2) is 22.1 Å². The van der Waals surface area contributed by atoms with E-state index in [9.17, 15) is 14.4 Å². The SMILES string of the molecule is CCCn1c2c(c(=O)[nH]c1=O)[C@@H](c1ccc(C(C)C)cc1)C1=C(COC1=O)N2. The predicted molar refractivity (Wildman–Crippen MR) is 106 cm³/mol. The minimum atomic E-state index is -0.574. The number of H-pyrrole nitrogens is 1. The number of ether oxygens (including phenoxy) is 1. The van der Waals surface area contributed by atoms with Gasteiger partial charge in [0.25, 0.3) is 5.56 Å². The third kappa shape index (κ3) is 2.78. The second kappa shape index (κ2) is 6.82. The fourth-order valence-corrected chi connectivity index (χ4v) is 3.93. The van der Waals surface area contributed by atoms with Crippen LogP contribution >= 0.6 is 0 Å². The summed E-state index contributed by atoms with van der Waals surface area (Å²) in [7, 11) is 0. The van der Waals surface area contributed by atoms with E-state index in [2.05, 4.69) is 24.1 Å². The van der Waals surface area contributed by atoms with Gasteiger partial charge in [0.15, 0.2) is 0 Å². The highest BCUT2D eigenvalue weighted by molar-refractivity contribution is 5.96. The van der Waals surface area contributed by atoms with E-state index in [1.165, 1.54) is 10.1 Å². The molecule has 0 saturated heterocycles. The zero-order chi connectivity index (χ0) is 20.0. The van der Waals surface area contributed by atoms with Gasteiger partial charge in [-0.15, -0.1) is 0 Å². The molecule has 2 aromatic rings. The quantitative estimate of drug-likeness (QED) is 0.794. The number of carbonyl (C=O) groups excluding carboxylic acids is 1. The van der Waals surface area contributed by atoms with Crippen molar-refractivity contribution in [1.82, 2.24) is 9.55 Å². The maximum atomic E-state index is 12.8. The summed E-state index contributed by atoms with van der Waals surface area (Å²) in [6, 6.07) is 7.91. The molecule has 0 radical (unpaired) electrons. The highest BCUT2D eigenvalue weighted by atomic mass is 16.5. The van der Waals surface area contributed by atoms with E-state index in [0.29, 0.717) is 35.1 Å². The van der Waals surface area contributed by atoms with Gasteiger partial charge in [-0.2, -0.15) is 0 Å². The Bertz CT molecular complexity index is 1090. The standard InChI is InChI=1S/C21H23N3O4/c1-4-9-24-18-17(19(25)23-21(24)27)15(16-14(22-18)10-28-20(16)26)13-7-5-12(6-8-13)11(2)3/h5-8,11,15,22H,4,9-10H2,1-3H3,(H,23,25,27)/t15-/m0/s1. The minimum Gasteiger partial charge on any atom is -0.456 e. The molecule has 0 bridgehead atoms. The molecular weight excluding hydrogens is 358 g/mol. The van der Waals surface area contributed by atoms with Crippen molar-refractivity contribution in [2.24, 2.45) is 0 Å². The number of fused-ring (bicyclic) bond motifs is 1. The summed E-state index contributed by atoms with van der Waals surface area (Å²) in [5.41, 5.74) is 2.49. The lowest BCUT2D eigenvalue weighted by atomic mass is 9.82. The number of esters is 1. The molecule has 146 valence electrons. The third-order valence-electron chi connectivity index (χ3n) is 5.36. The van der Waals surface area contributed by atoms with Crippen LogP contribution in [-0.2, 0) is 16.1 Å². The van der Waals surface area contributed by atoms with Crippen LogP contribution in [0.25, 0.3) is 0 Å². The van der Waals surface area contributed by atoms with Gasteiger partial charge in [0.2, 0.25) is 0 Å². The van der Waals surface area contributed by atoms with Crippen molar-refractivity contribution in [3.63, 3.8) is 0 Å². The molecule has 3 heterocycles. The average molecular weight is 381 g/mol. The highest BCUT2D eigenvalue weighted by Crippen LogP contribution is 2.42. The molecule has 7 heteroatoms. The number of cyclic esters (lactones) is 1. The topological polar surface area (TPSA) is 93.2 Å². The molecule has 1 atom stereocenters. The molecule has 7 nitrogen and oxygen atoms in total. The Kier molecular flexibility index (Phi) is 4.45. The van der Waals surface area contributed by atoms with Crippen LogP contribution in [0.15, 0.2) is 45.1 Å². The number of aromatic amines is 1. The summed E-state index contributed by atoms with van der Waals surface area (Å²) in [6.45, 7) is 6.75. The van der Waals surface area contributed by atoms with E-state index >= 15 is 0 Å². The molecule has 4 rings (SSSR count). The number of hydrogen-bond acceptors (Lipinski definition) is 5. The lowest BCUT2D eigenvalue weighted by Gasteiger charge is -2.28. The Hall–Kier alpha value is -3.09. The summed E-state index contributed by atoms with van der Waals surface area (Å²) in [5, 5.41) is 3.13. The van der Waals surface area contributed by atoms with E-state index in [-0.39, 0.29) is 6.61 Å². The van der Waals surface area contributed by atoms with Crippen molar-refractivity contribution in [1.29, 1.82) is 0 Å². The summed E-state index contributed by atoms with van der Waals surface area (Å²) in [4.78, 5) is 40.1. The molecule has 0 unspecified atom stereocenters. The zero-order valence-electron chi connectivity index (χ0n) is 16.2. The number of hydrogen-bond donors (Lipinski definition) is 2. The second-order valence-corrected chi connectivity index (χ2v) is 7.52. The molecule has 0 amide bonds. The van der Waals surface area contributed by atoms with E-state index in [1.807, 2.05) is 31.2 Å². The van der Waals surface area contributed by atoms with Crippen LogP contribution in [0.3, 0.4) is 0 Å². The number of carbonyl (C=O) groups is 1. The first-order valence-electron chi connectivity index (χ1n) is 9.56. The summed E-state index contributed by atoms with van der Waals surface area (Å²) in [5.74, 6) is -0.182. The molecule has 0 aliphatic carbocycles. The number of aromatic nitrogens is 2. The van der Waals surface area contributed by atoms with Gasteiger partial charge in [0, 0.05) is 6.54 Å². The van der Waals surface area contributed by atoms with Gasteiger partial charge in [-0.25, -0.2) is 9.59 Å².